The molecule has 2 N–H and O–H groups in total. The van der Waals surface area contributed by atoms with Crippen molar-refractivity contribution in [1.82, 2.24) is 0 Å². The van der Waals surface area contributed by atoms with Crippen LogP contribution < -0.4 is 15.4 Å². The molecule has 2 amide bonds. The van der Waals surface area contributed by atoms with Gasteiger partial charge in [-0.3, -0.25) is 9.59 Å². The molecule has 0 spiro atoms. The summed E-state index contributed by atoms with van der Waals surface area (Å²) in [5.74, 6) is -3.03. The molecule has 0 aliphatic rings. The Balaban J connectivity index is 1.58. The molecule has 30 heavy (non-hydrogen) atoms. The van der Waals surface area contributed by atoms with Crippen LogP contribution >= 0.6 is 11.8 Å². The van der Waals surface area contributed by atoms with Crippen LogP contribution in [-0.2, 0) is 4.79 Å². The summed E-state index contributed by atoms with van der Waals surface area (Å²) < 4.78 is 30.2. The Labute approximate surface area is 176 Å². The van der Waals surface area contributed by atoms with Crippen molar-refractivity contribution in [3.8, 4) is 5.75 Å². The highest BCUT2D eigenvalue weighted by molar-refractivity contribution is 7.99. The van der Waals surface area contributed by atoms with Gasteiger partial charge in [-0.05, 0) is 48.5 Å². The van der Waals surface area contributed by atoms with Crippen LogP contribution in [0, 0.1) is 0 Å². The molecule has 0 aromatic heterocycles. The lowest BCUT2D eigenvalue weighted by Gasteiger charge is -2.12. The second kappa shape index (κ2) is 10.4. The highest BCUT2D eigenvalue weighted by Gasteiger charge is 2.14. The van der Waals surface area contributed by atoms with Crippen LogP contribution in [0.15, 0.2) is 83.8 Å². The second-order valence-corrected chi connectivity index (χ2v) is 7.12. The summed E-state index contributed by atoms with van der Waals surface area (Å²) >= 11 is 0.430. The van der Waals surface area contributed by atoms with Crippen LogP contribution in [0.3, 0.4) is 0 Å². The van der Waals surface area contributed by atoms with Gasteiger partial charge < -0.3 is 15.4 Å². The lowest BCUT2D eigenvalue weighted by Crippen LogP contribution is -2.21. The molecule has 0 saturated heterocycles. The van der Waals surface area contributed by atoms with Crippen molar-refractivity contribution in [2.24, 2.45) is 0 Å². The Kier molecular flexibility index (Phi) is 7.40. The zero-order chi connectivity index (χ0) is 21.3. The molecule has 3 aromatic carbocycles. The van der Waals surface area contributed by atoms with Crippen molar-refractivity contribution in [2.75, 3.05) is 17.2 Å². The van der Waals surface area contributed by atoms with E-state index in [1.807, 2.05) is 6.07 Å². The molecular formula is C22H18F2N2O3S. The molecule has 0 saturated carbocycles. The van der Waals surface area contributed by atoms with E-state index in [-0.39, 0.29) is 18.3 Å². The first-order valence-electron chi connectivity index (χ1n) is 8.94. The molecule has 0 radical (unpaired) electrons. The maximum absolute atomic E-state index is 12.5. The van der Waals surface area contributed by atoms with Gasteiger partial charge in [-0.25, -0.2) is 0 Å². The summed E-state index contributed by atoms with van der Waals surface area (Å²) in [6.07, 6.45) is 0. The van der Waals surface area contributed by atoms with E-state index in [1.54, 1.807) is 48.5 Å². The molecule has 3 aromatic rings. The van der Waals surface area contributed by atoms with Gasteiger partial charge in [-0.2, -0.15) is 8.78 Å². The molecule has 0 aliphatic heterocycles. The predicted molar refractivity (Wildman–Crippen MR) is 113 cm³/mol. The number of para-hydroxylation sites is 2. The van der Waals surface area contributed by atoms with Crippen molar-refractivity contribution >= 4 is 35.0 Å². The largest absolute Gasteiger partial charge is 0.483 e. The van der Waals surface area contributed by atoms with Gasteiger partial charge in [-0.15, -0.1) is 0 Å². The van der Waals surface area contributed by atoms with E-state index >= 15 is 0 Å². The van der Waals surface area contributed by atoms with E-state index in [4.69, 9.17) is 4.74 Å². The number of alkyl halides is 2. The maximum Gasteiger partial charge on any atom is 0.288 e. The zero-order valence-corrected chi connectivity index (χ0v) is 16.5. The molecule has 0 heterocycles. The van der Waals surface area contributed by atoms with Crippen LogP contribution in [0.5, 0.6) is 5.75 Å². The molecule has 0 aliphatic carbocycles. The number of carbonyl (C=O) groups excluding carboxylic acids is 2. The quantitative estimate of drug-likeness (QED) is 0.480. The zero-order valence-electron chi connectivity index (χ0n) is 15.7. The van der Waals surface area contributed by atoms with E-state index in [0.717, 1.165) is 0 Å². The lowest BCUT2D eigenvalue weighted by atomic mass is 10.2. The van der Waals surface area contributed by atoms with E-state index in [0.29, 0.717) is 33.6 Å². The van der Waals surface area contributed by atoms with Crippen molar-refractivity contribution < 1.29 is 23.1 Å². The third-order valence-corrected chi connectivity index (χ3v) is 4.61. The molecule has 3 rings (SSSR count). The fourth-order valence-electron chi connectivity index (χ4n) is 2.56. The normalized spacial score (nSPS) is 10.5. The van der Waals surface area contributed by atoms with Crippen LogP contribution in [0.2, 0.25) is 0 Å². The Bertz CT molecular complexity index is 999. The summed E-state index contributed by atoms with van der Waals surface area (Å²) in [5, 5.41) is 5.39. The summed E-state index contributed by atoms with van der Waals surface area (Å²) in [4.78, 5) is 25.1. The second-order valence-electron chi connectivity index (χ2n) is 6.06. The highest BCUT2D eigenvalue weighted by Crippen LogP contribution is 2.26. The number of hydrogen-bond donors (Lipinski definition) is 2. The minimum Gasteiger partial charge on any atom is -0.483 e. The molecule has 8 heteroatoms. The van der Waals surface area contributed by atoms with Crippen molar-refractivity contribution in [3.05, 3.63) is 84.4 Å². The van der Waals surface area contributed by atoms with Crippen molar-refractivity contribution in [3.63, 3.8) is 0 Å². The van der Waals surface area contributed by atoms with E-state index in [2.05, 4.69) is 10.6 Å². The van der Waals surface area contributed by atoms with Gasteiger partial charge >= 0.3 is 0 Å². The first-order chi connectivity index (χ1) is 14.5. The SMILES string of the molecule is O=C(COc1ccccc1C(=O)Nc1ccccc1)Nc1ccc(SC(F)F)cc1. The number of thioether (sulfide) groups is 1. The van der Waals surface area contributed by atoms with Crippen LogP contribution in [0.4, 0.5) is 20.2 Å². The number of ether oxygens (including phenoxy) is 1. The Morgan fingerprint density at radius 3 is 2.17 bits per heavy atom. The number of halogens is 2. The monoisotopic (exact) mass is 428 g/mol. The summed E-state index contributed by atoms with van der Waals surface area (Å²) in [5.41, 5.74) is 1.39. The Hall–Kier alpha value is -3.39. The van der Waals surface area contributed by atoms with Gasteiger partial charge in [0.05, 0.1) is 5.56 Å². The van der Waals surface area contributed by atoms with Crippen molar-refractivity contribution in [1.29, 1.82) is 0 Å². The van der Waals surface area contributed by atoms with Gasteiger partial charge in [0.15, 0.2) is 6.61 Å². The van der Waals surface area contributed by atoms with E-state index < -0.39 is 11.7 Å². The first kappa shape index (κ1) is 21.3. The number of benzene rings is 3. The van der Waals surface area contributed by atoms with Gasteiger partial charge in [-0.1, -0.05) is 42.1 Å². The standard InChI is InChI=1S/C22H18F2N2O3S/c23-22(24)30-17-12-10-16(11-13-17)25-20(27)14-29-19-9-5-4-8-18(19)21(28)26-15-6-2-1-3-7-15/h1-13,22H,14H2,(H,25,27)(H,26,28). The molecular weight excluding hydrogens is 410 g/mol. The fraction of sp³-hybridized carbons (Fsp3) is 0.0909. The highest BCUT2D eigenvalue weighted by atomic mass is 32.2. The Morgan fingerprint density at radius 1 is 0.833 bits per heavy atom. The van der Waals surface area contributed by atoms with Crippen LogP contribution in [0.25, 0.3) is 0 Å². The van der Waals surface area contributed by atoms with Gasteiger partial charge in [0, 0.05) is 16.3 Å². The molecule has 0 atom stereocenters. The molecule has 0 fully saturated rings. The fourth-order valence-corrected chi connectivity index (χ4v) is 3.06. The van der Waals surface area contributed by atoms with Gasteiger partial charge in [0.2, 0.25) is 0 Å². The average Bonchev–Trinajstić information content (AvgIpc) is 2.74. The summed E-state index contributed by atoms with van der Waals surface area (Å²) in [6, 6.07) is 21.6. The Morgan fingerprint density at radius 2 is 1.47 bits per heavy atom. The minimum absolute atomic E-state index is 0.268. The maximum atomic E-state index is 12.5. The summed E-state index contributed by atoms with van der Waals surface area (Å²) in [6.45, 7) is -0.316. The number of hydrogen-bond acceptors (Lipinski definition) is 4. The van der Waals surface area contributed by atoms with Crippen LogP contribution in [0.1, 0.15) is 10.4 Å². The molecule has 5 nitrogen and oxygen atoms in total. The number of amides is 2. The minimum atomic E-state index is -2.50. The van der Waals surface area contributed by atoms with Crippen LogP contribution in [-0.4, -0.2) is 24.2 Å². The van der Waals surface area contributed by atoms with Gasteiger partial charge in [0.1, 0.15) is 5.75 Å². The number of anilines is 2. The molecule has 154 valence electrons. The average molecular weight is 428 g/mol. The van der Waals surface area contributed by atoms with E-state index in [1.165, 1.54) is 24.3 Å². The predicted octanol–water partition coefficient (Wildman–Crippen LogP) is 5.27. The first-order valence-corrected chi connectivity index (χ1v) is 9.82. The molecule has 0 unspecified atom stereocenters. The molecule has 0 bridgehead atoms. The number of rotatable bonds is 8. The lowest BCUT2D eigenvalue weighted by molar-refractivity contribution is -0.118. The third kappa shape index (κ3) is 6.31. The number of carbonyl (C=O) groups is 2. The van der Waals surface area contributed by atoms with E-state index in [9.17, 15) is 18.4 Å². The van der Waals surface area contributed by atoms with Crippen molar-refractivity contribution in [2.45, 2.75) is 10.7 Å². The number of nitrogens with one attached hydrogen (secondary N) is 2. The smallest absolute Gasteiger partial charge is 0.288 e. The van der Waals surface area contributed by atoms with Gasteiger partial charge in [0.25, 0.3) is 17.6 Å². The third-order valence-electron chi connectivity index (χ3n) is 3.89. The topological polar surface area (TPSA) is 67.4 Å². The summed E-state index contributed by atoms with van der Waals surface area (Å²) in [7, 11) is 0.